The molecule has 2 aromatic carbocycles. The third-order valence-corrected chi connectivity index (χ3v) is 5.77. The van der Waals surface area contributed by atoms with Crippen LogP contribution in [0.5, 0.6) is 5.75 Å². The Kier molecular flexibility index (Phi) is 5.53. The van der Waals surface area contributed by atoms with Crippen molar-refractivity contribution in [1.29, 1.82) is 0 Å². The molecule has 0 amide bonds. The van der Waals surface area contributed by atoms with Crippen LogP contribution in [0.1, 0.15) is 5.56 Å². The molecule has 0 spiro atoms. The van der Waals surface area contributed by atoms with Gasteiger partial charge >= 0.3 is 12.1 Å². The number of hydrogen-bond donors (Lipinski definition) is 1. The number of rotatable bonds is 6. The Balaban J connectivity index is 1.98. The minimum atomic E-state index is -5.14. The first-order valence-electron chi connectivity index (χ1n) is 8.14. The first-order chi connectivity index (χ1) is 13.7. The molecule has 0 aliphatic heterocycles. The van der Waals surface area contributed by atoms with E-state index in [1.54, 1.807) is 18.2 Å². The van der Waals surface area contributed by atoms with E-state index >= 15 is 0 Å². The van der Waals surface area contributed by atoms with Crippen molar-refractivity contribution in [3.63, 3.8) is 0 Å². The van der Waals surface area contributed by atoms with Gasteiger partial charge in [0.1, 0.15) is 5.75 Å². The number of methoxy groups -OCH3 is 1. The minimum Gasteiger partial charge on any atom is -0.496 e. The Morgan fingerprint density at radius 3 is 2.41 bits per heavy atom. The Labute approximate surface area is 163 Å². The number of hydrogen-bond acceptors (Lipinski definition) is 6. The van der Waals surface area contributed by atoms with Gasteiger partial charge in [-0.05, 0) is 30.3 Å². The molecule has 3 rings (SSSR count). The second-order valence-corrected chi connectivity index (χ2v) is 7.63. The van der Waals surface area contributed by atoms with E-state index in [-0.39, 0.29) is 22.7 Å². The van der Waals surface area contributed by atoms with Gasteiger partial charge in [-0.25, -0.2) is 17.2 Å². The highest BCUT2D eigenvalue weighted by Gasteiger charge is 2.41. The van der Waals surface area contributed by atoms with E-state index < -0.39 is 22.2 Å². The molecule has 7 nitrogen and oxygen atoms in total. The average Bonchev–Trinajstić information content (AvgIpc) is 3.13. The Morgan fingerprint density at radius 1 is 1.10 bits per heavy atom. The van der Waals surface area contributed by atoms with Crippen LogP contribution in [-0.2, 0) is 26.2 Å². The summed E-state index contributed by atoms with van der Waals surface area (Å²) in [5.41, 5.74) is 2.55. The lowest BCUT2D eigenvalue weighted by Crippen LogP contribution is -2.31. The van der Waals surface area contributed by atoms with Crippen LogP contribution in [0.3, 0.4) is 0 Å². The van der Waals surface area contributed by atoms with Gasteiger partial charge in [-0.3, -0.25) is 0 Å². The molecular weight excluding hydrogens is 413 g/mol. The number of hydroxylamine groups is 1. The van der Waals surface area contributed by atoms with Gasteiger partial charge in [0.05, 0.1) is 24.1 Å². The molecule has 0 saturated carbocycles. The fourth-order valence-electron chi connectivity index (χ4n) is 2.75. The molecule has 0 unspecified atom stereocenters. The number of aromatic nitrogens is 1. The molecule has 1 heterocycles. The highest BCUT2D eigenvalue weighted by molar-refractivity contribution is 7.90. The maximum absolute atomic E-state index is 12.9. The molecule has 0 radical (unpaired) electrons. The third kappa shape index (κ3) is 4.05. The van der Waals surface area contributed by atoms with E-state index in [1.165, 1.54) is 43.6 Å². The SMILES string of the molecule is COc1ccc2c(ccn2S(=O)(=O)c2ccccc2)c1CNOC(=O)C(F)(F)F. The molecule has 0 fully saturated rings. The summed E-state index contributed by atoms with van der Waals surface area (Å²) in [4.78, 5) is 14.9. The van der Waals surface area contributed by atoms with Crippen LogP contribution in [0.2, 0.25) is 0 Å². The molecule has 1 aromatic heterocycles. The highest BCUT2D eigenvalue weighted by Crippen LogP contribution is 2.31. The lowest BCUT2D eigenvalue weighted by molar-refractivity contribution is -0.207. The number of nitrogens with one attached hydrogen (secondary N) is 1. The fourth-order valence-corrected chi connectivity index (χ4v) is 4.12. The number of ether oxygens (including phenoxy) is 1. The highest BCUT2D eigenvalue weighted by atomic mass is 32.2. The van der Waals surface area contributed by atoms with Gasteiger partial charge in [0.15, 0.2) is 0 Å². The zero-order valence-electron chi connectivity index (χ0n) is 14.9. The predicted molar refractivity (Wildman–Crippen MR) is 96.5 cm³/mol. The second-order valence-electron chi connectivity index (χ2n) is 5.82. The summed E-state index contributed by atoms with van der Waals surface area (Å²) in [5.74, 6) is -2.12. The molecule has 3 aromatic rings. The van der Waals surface area contributed by atoms with Crippen LogP contribution in [0.15, 0.2) is 59.6 Å². The topological polar surface area (TPSA) is 86.6 Å². The van der Waals surface area contributed by atoms with Crippen molar-refractivity contribution in [2.24, 2.45) is 0 Å². The predicted octanol–water partition coefficient (Wildman–Crippen LogP) is 3.00. The van der Waals surface area contributed by atoms with Crippen LogP contribution in [-0.4, -0.2) is 31.6 Å². The lowest BCUT2D eigenvalue weighted by Gasteiger charge is -2.13. The van der Waals surface area contributed by atoms with Crippen LogP contribution in [0, 0.1) is 0 Å². The van der Waals surface area contributed by atoms with E-state index in [0.29, 0.717) is 10.9 Å². The molecule has 29 heavy (non-hydrogen) atoms. The number of halogens is 3. The number of benzene rings is 2. The summed E-state index contributed by atoms with van der Waals surface area (Å²) in [6.07, 6.45) is -3.81. The summed E-state index contributed by atoms with van der Waals surface area (Å²) in [6.45, 7) is -0.336. The van der Waals surface area contributed by atoms with Crippen molar-refractivity contribution in [3.8, 4) is 5.75 Å². The van der Waals surface area contributed by atoms with Crippen molar-refractivity contribution in [2.75, 3.05) is 7.11 Å². The number of alkyl halides is 3. The zero-order valence-corrected chi connectivity index (χ0v) is 15.8. The Morgan fingerprint density at radius 2 is 1.79 bits per heavy atom. The normalized spacial score (nSPS) is 12.1. The lowest BCUT2D eigenvalue weighted by atomic mass is 10.1. The smallest absolute Gasteiger partial charge is 0.492 e. The summed E-state index contributed by atoms with van der Waals surface area (Å²) in [5, 5.41) is 0.402. The van der Waals surface area contributed by atoms with Crippen molar-refractivity contribution < 1.29 is 36.0 Å². The average molecular weight is 428 g/mol. The molecule has 0 aliphatic rings. The molecule has 154 valence electrons. The number of nitrogens with zero attached hydrogens (tertiary/aromatic N) is 1. The Bertz CT molecular complexity index is 1140. The minimum absolute atomic E-state index is 0.0760. The van der Waals surface area contributed by atoms with Crippen molar-refractivity contribution in [2.45, 2.75) is 17.6 Å². The van der Waals surface area contributed by atoms with E-state index in [1.807, 2.05) is 5.48 Å². The third-order valence-electron chi connectivity index (χ3n) is 4.07. The maximum atomic E-state index is 12.9. The maximum Gasteiger partial charge on any atom is 0.492 e. The van der Waals surface area contributed by atoms with Crippen LogP contribution in [0.25, 0.3) is 10.9 Å². The van der Waals surface area contributed by atoms with Gasteiger partial charge in [-0.2, -0.15) is 13.2 Å². The van der Waals surface area contributed by atoms with Gasteiger partial charge in [0.2, 0.25) is 0 Å². The summed E-state index contributed by atoms with van der Waals surface area (Å²) in [6, 6.07) is 12.2. The summed E-state index contributed by atoms with van der Waals surface area (Å²) >= 11 is 0. The Hall–Kier alpha value is -3.05. The number of carbonyl (C=O) groups is 1. The number of carbonyl (C=O) groups excluding carboxylic acids is 1. The first-order valence-corrected chi connectivity index (χ1v) is 9.58. The zero-order chi connectivity index (χ0) is 21.2. The molecular formula is C18H15F3N2O5S. The van der Waals surface area contributed by atoms with Crippen LogP contribution in [0.4, 0.5) is 13.2 Å². The summed E-state index contributed by atoms with van der Waals surface area (Å²) in [7, 11) is -2.54. The van der Waals surface area contributed by atoms with E-state index in [4.69, 9.17) is 4.74 Å². The molecule has 1 N–H and O–H groups in total. The van der Waals surface area contributed by atoms with Crippen LogP contribution < -0.4 is 10.2 Å². The molecule has 0 aliphatic carbocycles. The molecule has 11 heteroatoms. The van der Waals surface area contributed by atoms with Gasteiger partial charge in [0, 0.05) is 17.1 Å². The van der Waals surface area contributed by atoms with Gasteiger partial charge in [0.25, 0.3) is 10.0 Å². The second kappa shape index (κ2) is 7.76. The largest absolute Gasteiger partial charge is 0.496 e. The van der Waals surface area contributed by atoms with Gasteiger partial charge in [-0.1, -0.05) is 18.2 Å². The molecule has 0 atom stereocenters. The fraction of sp³-hybridized carbons (Fsp3) is 0.167. The van der Waals surface area contributed by atoms with E-state index in [0.717, 1.165) is 3.97 Å². The van der Waals surface area contributed by atoms with Gasteiger partial charge < -0.3 is 9.57 Å². The standard InChI is InChI=1S/C18H15F3N2O5S/c1-27-16-8-7-15-13(14(16)11-22-28-17(24)18(19,20)21)9-10-23(15)29(25,26)12-5-3-2-4-6-12/h2-10,22H,11H2,1H3. The molecule has 0 saturated heterocycles. The quantitative estimate of drug-likeness (QED) is 0.608. The first kappa shape index (κ1) is 20.7. The number of fused-ring (bicyclic) bond motifs is 1. The van der Waals surface area contributed by atoms with E-state index in [9.17, 15) is 26.4 Å². The van der Waals surface area contributed by atoms with E-state index in [2.05, 4.69) is 4.84 Å². The van der Waals surface area contributed by atoms with Gasteiger partial charge in [-0.15, -0.1) is 5.48 Å². The molecule has 0 bridgehead atoms. The van der Waals surface area contributed by atoms with Crippen molar-refractivity contribution >= 4 is 26.9 Å². The monoisotopic (exact) mass is 428 g/mol. The van der Waals surface area contributed by atoms with Crippen LogP contribution >= 0.6 is 0 Å². The van der Waals surface area contributed by atoms with Crippen molar-refractivity contribution in [3.05, 3.63) is 60.3 Å². The summed E-state index contributed by atoms with van der Waals surface area (Å²) < 4.78 is 68.9. The van der Waals surface area contributed by atoms with Crippen molar-refractivity contribution in [1.82, 2.24) is 9.45 Å².